The molecule has 2 rings (SSSR count). The Bertz CT molecular complexity index is 527. The zero-order valence-electron chi connectivity index (χ0n) is 12.9. The predicted molar refractivity (Wildman–Crippen MR) is 83.2 cm³/mol. The van der Waals surface area contributed by atoms with Crippen molar-refractivity contribution in [2.24, 2.45) is 0 Å². The van der Waals surface area contributed by atoms with Gasteiger partial charge in [-0.25, -0.2) is 4.98 Å². The number of hydrogen-bond donors (Lipinski definition) is 1. The van der Waals surface area contributed by atoms with Crippen LogP contribution in [0.4, 0.5) is 0 Å². The summed E-state index contributed by atoms with van der Waals surface area (Å²) in [5.74, 6) is 0.00308. The van der Waals surface area contributed by atoms with Crippen LogP contribution in [0.25, 0.3) is 0 Å². The van der Waals surface area contributed by atoms with E-state index in [1.54, 1.807) is 16.2 Å². The van der Waals surface area contributed by atoms with Crippen LogP contribution in [0, 0.1) is 13.8 Å². The van der Waals surface area contributed by atoms with Crippen LogP contribution in [0.5, 0.6) is 0 Å². The molecule has 1 aliphatic rings. The fraction of sp³-hybridized carbons (Fsp3) is 0.667. The van der Waals surface area contributed by atoms with Crippen molar-refractivity contribution in [3.8, 4) is 0 Å². The number of aryl methyl sites for hydroxylation is 2. The number of thiazole rings is 1. The standard InChI is InChI=1S/C15H23N3O2S/c1-10-15(21-12(3)16-10)11(2)17-13(19)9-18-8-6-4-5-7-14(18)20/h11H,4-9H2,1-3H3,(H,17,19)/t11-/m1/s1. The molecule has 0 aliphatic carbocycles. The number of rotatable bonds is 4. The van der Waals surface area contributed by atoms with Crippen LogP contribution in [0.15, 0.2) is 0 Å². The average Bonchev–Trinajstić information content (AvgIpc) is 2.62. The molecule has 6 heteroatoms. The molecule has 1 aliphatic heterocycles. The smallest absolute Gasteiger partial charge is 0.240 e. The normalized spacial score (nSPS) is 17.5. The van der Waals surface area contributed by atoms with Crippen molar-refractivity contribution >= 4 is 23.2 Å². The van der Waals surface area contributed by atoms with Gasteiger partial charge in [0.05, 0.1) is 23.3 Å². The van der Waals surface area contributed by atoms with Gasteiger partial charge in [-0.3, -0.25) is 9.59 Å². The van der Waals surface area contributed by atoms with E-state index in [2.05, 4.69) is 10.3 Å². The molecule has 1 fully saturated rings. The molecule has 0 aromatic carbocycles. The van der Waals surface area contributed by atoms with Gasteiger partial charge < -0.3 is 10.2 Å². The Kier molecular flexibility index (Phi) is 5.33. The lowest BCUT2D eigenvalue weighted by molar-refractivity contribution is -0.135. The summed E-state index contributed by atoms with van der Waals surface area (Å²) in [6.45, 7) is 6.74. The van der Waals surface area contributed by atoms with Gasteiger partial charge in [0.2, 0.25) is 11.8 Å². The Hall–Kier alpha value is -1.43. The van der Waals surface area contributed by atoms with Crippen molar-refractivity contribution in [2.45, 2.75) is 52.5 Å². The highest BCUT2D eigenvalue weighted by Gasteiger charge is 2.21. The first-order chi connectivity index (χ1) is 9.97. The molecule has 0 saturated carbocycles. The molecule has 2 amide bonds. The third-order valence-electron chi connectivity index (χ3n) is 3.72. The van der Waals surface area contributed by atoms with Crippen LogP contribution < -0.4 is 5.32 Å². The third-order valence-corrected chi connectivity index (χ3v) is 4.97. The van der Waals surface area contributed by atoms with Crippen LogP contribution in [-0.2, 0) is 9.59 Å². The van der Waals surface area contributed by atoms with Crippen molar-refractivity contribution < 1.29 is 9.59 Å². The maximum absolute atomic E-state index is 12.2. The summed E-state index contributed by atoms with van der Waals surface area (Å²) in [6, 6.07) is -0.0641. The highest BCUT2D eigenvalue weighted by molar-refractivity contribution is 7.11. The highest BCUT2D eigenvalue weighted by Crippen LogP contribution is 2.24. The minimum atomic E-state index is -0.0943. The van der Waals surface area contributed by atoms with Crippen LogP contribution in [-0.4, -0.2) is 34.8 Å². The Morgan fingerprint density at radius 2 is 2.14 bits per heavy atom. The fourth-order valence-corrected chi connectivity index (χ4v) is 3.61. The number of carbonyl (C=O) groups is 2. The van der Waals surface area contributed by atoms with Crippen LogP contribution in [0.1, 0.15) is 54.2 Å². The molecule has 0 unspecified atom stereocenters. The van der Waals surface area contributed by atoms with Crippen molar-refractivity contribution in [1.29, 1.82) is 0 Å². The van der Waals surface area contributed by atoms with E-state index in [0.29, 0.717) is 13.0 Å². The van der Waals surface area contributed by atoms with Gasteiger partial charge in [0.1, 0.15) is 0 Å². The molecule has 1 aromatic heterocycles. The van der Waals surface area contributed by atoms with E-state index in [-0.39, 0.29) is 24.4 Å². The zero-order valence-corrected chi connectivity index (χ0v) is 13.8. The summed E-state index contributed by atoms with van der Waals surface area (Å²) in [7, 11) is 0. The maximum Gasteiger partial charge on any atom is 0.240 e. The summed E-state index contributed by atoms with van der Waals surface area (Å²) < 4.78 is 0. The first-order valence-electron chi connectivity index (χ1n) is 7.48. The lowest BCUT2D eigenvalue weighted by atomic mass is 10.2. The second-order valence-corrected chi connectivity index (χ2v) is 6.83. The minimum Gasteiger partial charge on any atom is -0.347 e. The lowest BCUT2D eigenvalue weighted by Crippen LogP contribution is -2.41. The van der Waals surface area contributed by atoms with Crippen LogP contribution in [0.2, 0.25) is 0 Å². The van der Waals surface area contributed by atoms with E-state index >= 15 is 0 Å². The van der Waals surface area contributed by atoms with Gasteiger partial charge in [0.25, 0.3) is 0 Å². The largest absolute Gasteiger partial charge is 0.347 e. The molecule has 116 valence electrons. The van der Waals surface area contributed by atoms with Crippen molar-refractivity contribution in [1.82, 2.24) is 15.2 Å². The summed E-state index contributed by atoms with van der Waals surface area (Å²) in [5, 5.41) is 3.98. The molecule has 1 atom stereocenters. The van der Waals surface area contributed by atoms with Gasteiger partial charge in [-0.05, 0) is 33.6 Å². The maximum atomic E-state index is 12.2. The Morgan fingerprint density at radius 1 is 1.38 bits per heavy atom. The summed E-state index contributed by atoms with van der Waals surface area (Å²) in [6.07, 6.45) is 3.56. The fourth-order valence-electron chi connectivity index (χ4n) is 2.68. The van der Waals surface area contributed by atoms with E-state index in [1.807, 2.05) is 20.8 Å². The second-order valence-electron chi connectivity index (χ2n) is 5.60. The summed E-state index contributed by atoms with van der Waals surface area (Å²) >= 11 is 1.61. The average molecular weight is 309 g/mol. The Morgan fingerprint density at radius 3 is 2.81 bits per heavy atom. The second kappa shape index (κ2) is 7.02. The van der Waals surface area contributed by atoms with Gasteiger partial charge in [0, 0.05) is 17.8 Å². The topological polar surface area (TPSA) is 62.3 Å². The minimum absolute atomic E-state index is 0.0641. The van der Waals surface area contributed by atoms with E-state index in [0.717, 1.165) is 34.8 Å². The summed E-state index contributed by atoms with van der Waals surface area (Å²) in [4.78, 5) is 31.2. The molecule has 1 N–H and O–H groups in total. The number of amides is 2. The molecule has 0 radical (unpaired) electrons. The Balaban J connectivity index is 1.91. The SMILES string of the molecule is Cc1nc(C)c([C@@H](C)NC(=O)CN2CCCCCC2=O)s1. The van der Waals surface area contributed by atoms with Gasteiger partial charge >= 0.3 is 0 Å². The van der Waals surface area contributed by atoms with Crippen molar-refractivity contribution in [2.75, 3.05) is 13.1 Å². The Labute approximate surface area is 129 Å². The molecular formula is C15H23N3O2S. The number of nitrogens with zero attached hydrogens (tertiary/aromatic N) is 2. The first-order valence-corrected chi connectivity index (χ1v) is 8.30. The lowest BCUT2D eigenvalue weighted by Gasteiger charge is -2.21. The molecule has 21 heavy (non-hydrogen) atoms. The van der Waals surface area contributed by atoms with Gasteiger partial charge in [-0.15, -0.1) is 11.3 Å². The zero-order chi connectivity index (χ0) is 15.4. The van der Waals surface area contributed by atoms with Crippen molar-refractivity contribution in [3.05, 3.63) is 15.6 Å². The molecular weight excluding hydrogens is 286 g/mol. The van der Waals surface area contributed by atoms with Crippen molar-refractivity contribution in [3.63, 3.8) is 0 Å². The number of nitrogens with one attached hydrogen (secondary N) is 1. The monoisotopic (exact) mass is 309 g/mol. The molecule has 0 bridgehead atoms. The molecule has 5 nitrogen and oxygen atoms in total. The van der Waals surface area contributed by atoms with Crippen LogP contribution in [0.3, 0.4) is 0 Å². The van der Waals surface area contributed by atoms with Gasteiger partial charge in [0.15, 0.2) is 0 Å². The number of likely N-dealkylation sites (tertiary alicyclic amines) is 1. The quantitative estimate of drug-likeness (QED) is 0.928. The van der Waals surface area contributed by atoms with Gasteiger partial charge in [-0.1, -0.05) is 6.42 Å². The predicted octanol–water partition coefficient (Wildman–Crippen LogP) is 2.34. The summed E-state index contributed by atoms with van der Waals surface area (Å²) in [5.41, 5.74) is 0.969. The molecule has 1 saturated heterocycles. The third kappa shape index (κ3) is 4.27. The van der Waals surface area contributed by atoms with E-state index in [1.165, 1.54) is 0 Å². The highest BCUT2D eigenvalue weighted by atomic mass is 32.1. The molecule has 1 aromatic rings. The molecule has 0 spiro atoms. The number of aromatic nitrogens is 1. The number of hydrogen-bond acceptors (Lipinski definition) is 4. The van der Waals surface area contributed by atoms with Gasteiger partial charge in [-0.2, -0.15) is 0 Å². The van der Waals surface area contributed by atoms with E-state index in [9.17, 15) is 9.59 Å². The number of carbonyl (C=O) groups excluding carboxylic acids is 2. The van der Waals surface area contributed by atoms with E-state index < -0.39 is 0 Å². The first kappa shape index (κ1) is 15.9. The van der Waals surface area contributed by atoms with E-state index in [4.69, 9.17) is 0 Å². The van der Waals surface area contributed by atoms with Crippen LogP contribution >= 0.6 is 11.3 Å². The molecule has 2 heterocycles.